The van der Waals surface area contributed by atoms with Crippen LogP contribution in [0.1, 0.15) is 20.8 Å². The van der Waals surface area contributed by atoms with Crippen LogP contribution in [0.5, 0.6) is 0 Å². The van der Waals surface area contributed by atoms with Crippen LogP contribution in [-0.4, -0.2) is 24.8 Å². The monoisotopic (exact) mass is 189 g/mol. The first kappa shape index (κ1) is 11.9. The molecule has 0 aromatic heterocycles. The van der Waals surface area contributed by atoms with E-state index in [2.05, 4.69) is 0 Å². The molecule has 1 unspecified atom stereocenters. The molecule has 2 N–H and O–H groups in total. The van der Waals surface area contributed by atoms with Gasteiger partial charge in [0, 0.05) is 12.8 Å². The lowest BCUT2D eigenvalue weighted by Crippen LogP contribution is -2.31. The van der Waals surface area contributed by atoms with Gasteiger partial charge in [0.1, 0.15) is 0 Å². The average Bonchev–Trinajstić information content (AvgIpc) is 2.02. The second-order valence-electron chi connectivity index (χ2n) is 2.92. The minimum atomic E-state index is -0.839. The fourth-order valence-electron chi connectivity index (χ4n) is 0.637. The van der Waals surface area contributed by atoms with E-state index < -0.39 is 18.2 Å². The number of carbonyl (C=O) groups is 2. The van der Waals surface area contributed by atoms with E-state index in [0.717, 1.165) is 0 Å². The molecule has 0 heterocycles. The standard InChI is InChI=1S/C8H15NO4/c1-5(2)8(12-6(3)10)13-7(11)4-9/h5,8H,4,9H2,1-3H3. The van der Waals surface area contributed by atoms with Crippen molar-refractivity contribution >= 4 is 11.9 Å². The molecular formula is C8H15NO4. The predicted octanol–water partition coefficient (Wildman–Crippen LogP) is 0.0335. The van der Waals surface area contributed by atoms with Gasteiger partial charge in [-0.15, -0.1) is 0 Å². The van der Waals surface area contributed by atoms with E-state index in [9.17, 15) is 9.59 Å². The van der Waals surface area contributed by atoms with E-state index in [1.165, 1.54) is 6.92 Å². The number of hydrogen-bond acceptors (Lipinski definition) is 5. The van der Waals surface area contributed by atoms with E-state index in [-0.39, 0.29) is 12.5 Å². The van der Waals surface area contributed by atoms with Crippen molar-refractivity contribution in [2.24, 2.45) is 11.7 Å². The Balaban J connectivity index is 4.09. The number of ether oxygens (including phenoxy) is 2. The SMILES string of the molecule is CC(=O)OC(OC(=O)CN)C(C)C. The summed E-state index contributed by atoms with van der Waals surface area (Å²) in [5, 5.41) is 0. The van der Waals surface area contributed by atoms with Gasteiger partial charge in [-0.1, -0.05) is 13.8 Å². The lowest BCUT2D eigenvalue weighted by atomic mass is 10.2. The van der Waals surface area contributed by atoms with Gasteiger partial charge >= 0.3 is 11.9 Å². The molecule has 0 aromatic rings. The van der Waals surface area contributed by atoms with Gasteiger partial charge in [0.05, 0.1) is 6.54 Å². The van der Waals surface area contributed by atoms with Crippen LogP contribution in [0.25, 0.3) is 0 Å². The van der Waals surface area contributed by atoms with Crippen LogP contribution in [0.15, 0.2) is 0 Å². The Morgan fingerprint density at radius 2 is 1.85 bits per heavy atom. The van der Waals surface area contributed by atoms with Crippen LogP contribution in [0.4, 0.5) is 0 Å². The van der Waals surface area contributed by atoms with Crippen LogP contribution < -0.4 is 5.73 Å². The van der Waals surface area contributed by atoms with Gasteiger partial charge in [0.15, 0.2) is 0 Å². The van der Waals surface area contributed by atoms with Crippen molar-refractivity contribution in [2.45, 2.75) is 27.1 Å². The summed E-state index contributed by atoms with van der Waals surface area (Å²) in [6, 6.07) is 0. The fraction of sp³-hybridized carbons (Fsp3) is 0.750. The second kappa shape index (κ2) is 5.53. The molecule has 76 valence electrons. The molecule has 0 aliphatic rings. The van der Waals surface area contributed by atoms with Gasteiger partial charge in [0.25, 0.3) is 0 Å². The third-order valence-electron chi connectivity index (χ3n) is 1.24. The fourth-order valence-corrected chi connectivity index (χ4v) is 0.637. The van der Waals surface area contributed by atoms with Gasteiger partial charge in [-0.2, -0.15) is 0 Å². The zero-order valence-corrected chi connectivity index (χ0v) is 8.07. The zero-order valence-electron chi connectivity index (χ0n) is 8.07. The summed E-state index contributed by atoms with van der Waals surface area (Å²) in [6.45, 7) is 4.59. The average molecular weight is 189 g/mol. The molecule has 0 amide bonds. The van der Waals surface area contributed by atoms with Gasteiger partial charge < -0.3 is 15.2 Å². The summed E-state index contributed by atoms with van der Waals surface area (Å²) in [7, 11) is 0. The van der Waals surface area contributed by atoms with E-state index in [4.69, 9.17) is 15.2 Å². The third-order valence-corrected chi connectivity index (χ3v) is 1.24. The molecular weight excluding hydrogens is 174 g/mol. The van der Waals surface area contributed by atoms with E-state index in [1.54, 1.807) is 13.8 Å². The first-order chi connectivity index (χ1) is 5.97. The van der Waals surface area contributed by atoms with Crippen LogP contribution in [-0.2, 0) is 19.1 Å². The Hall–Kier alpha value is -1.10. The molecule has 0 bridgehead atoms. The number of hydrogen-bond donors (Lipinski definition) is 1. The van der Waals surface area contributed by atoms with Crippen LogP contribution >= 0.6 is 0 Å². The molecule has 0 rings (SSSR count). The van der Waals surface area contributed by atoms with E-state index in [0.29, 0.717) is 0 Å². The zero-order chi connectivity index (χ0) is 10.4. The van der Waals surface area contributed by atoms with E-state index >= 15 is 0 Å². The number of nitrogens with two attached hydrogens (primary N) is 1. The molecule has 0 aromatic carbocycles. The molecule has 0 aliphatic carbocycles. The largest absolute Gasteiger partial charge is 0.425 e. The lowest BCUT2D eigenvalue weighted by Gasteiger charge is -2.20. The van der Waals surface area contributed by atoms with E-state index in [1.807, 2.05) is 0 Å². The minimum Gasteiger partial charge on any atom is -0.425 e. The molecule has 0 aliphatic heterocycles. The number of rotatable bonds is 4. The minimum absolute atomic E-state index is 0.0839. The van der Waals surface area contributed by atoms with Crippen molar-refractivity contribution in [1.82, 2.24) is 0 Å². The second-order valence-corrected chi connectivity index (χ2v) is 2.92. The summed E-state index contributed by atoms with van der Waals surface area (Å²) >= 11 is 0. The van der Waals surface area contributed by atoms with Crippen LogP contribution in [0.3, 0.4) is 0 Å². The molecule has 1 atom stereocenters. The Morgan fingerprint density at radius 3 is 2.15 bits per heavy atom. The molecule has 13 heavy (non-hydrogen) atoms. The highest BCUT2D eigenvalue weighted by molar-refractivity contribution is 5.72. The van der Waals surface area contributed by atoms with Gasteiger partial charge in [-0.25, -0.2) is 0 Å². The molecule has 5 heteroatoms. The predicted molar refractivity (Wildman–Crippen MR) is 45.5 cm³/mol. The van der Waals surface area contributed by atoms with Crippen molar-refractivity contribution in [3.05, 3.63) is 0 Å². The molecule has 0 saturated heterocycles. The Bertz CT molecular complexity index is 191. The Kier molecular flexibility index (Phi) is 5.06. The topological polar surface area (TPSA) is 78.6 Å². The highest BCUT2D eigenvalue weighted by Crippen LogP contribution is 2.08. The first-order valence-corrected chi connectivity index (χ1v) is 4.04. The highest BCUT2D eigenvalue weighted by atomic mass is 16.7. The van der Waals surface area contributed by atoms with Crippen LogP contribution in [0, 0.1) is 5.92 Å². The molecule has 0 radical (unpaired) electrons. The van der Waals surface area contributed by atoms with Gasteiger partial charge in [-0.05, 0) is 0 Å². The van der Waals surface area contributed by atoms with Gasteiger partial charge in [-0.3, -0.25) is 9.59 Å². The molecule has 0 fully saturated rings. The van der Waals surface area contributed by atoms with Crippen molar-refractivity contribution in [2.75, 3.05) is 6.54 Å². The Labute approximate surface area is 77.2 Å². The molecule has 5 nitrogen and oxygen atoms in total. The van der Waals surface area contributed by atoms with Crippen molar-refractivity contribution in [3.8, 4) is 0 Å². The lowest BCUT2D eigenvalue weighted by molar-refractivity contribution is -0.193. The summed E-state index contributed by atoms with van der Waals surface area (Å²) in [6.07, 6.45) is -0.839. The number of carbonyl (C=O) groups excluding carboxylic acids is 2. The van der Waals surface area contributed by atoms with Crippen molar-refractivity contribution < 1.29 is 19.1 Å². The maximum Gasteiger partial charge on any atom is 0.322 e. The Morgan fingerprint density at radius 1 is 1.31 bits per heavy atom. The van der Waals surface area contributed by atoms with Crippen molar-refractivity contribution in [3.63, 3.8) is 0 Å². The van der Waals surface area contributed by atoms with Crippen molar-refractivity contribution in [1.29, 1.82) is 0 Å². The summed E-state index contributed by atoms with van der Waals surface area (Å²) in [5.74, 6) is -1.15. The van der Waals surface area contributed by atoms with Crippen LogP contribution in [0.2, 0.25) is 0 Å². The molecule has 0 spiro atoms. The van der Waals surface area contributed by atoms with Gasteiger partial charge in [0.2, 0.25) is 6.29 Å². The summed E-state index contributed by atoms with van der Waals surface area (Å²) < 4.78 is 9.51. The molecule has 0 saturated carbocycles. The highest BCUT2D eigenvalue weighted by Gasteiger charge is 2.20. The third kappa shape index (κ3) is 5.19. The maximum atomic E-state index is 10.8. The normalized spacial score (nSPS) is 12.4. The summed E-state index contributed by atoms with van der Waals surface area (Å²) in [5.41, 5.74) is 5.04. The summed E-state index contributed by atoms with van der Waals surface area (Å²) in [4.78, 5) is 21.4. The quantitative estimate of drug-likeness (QED) is 0.498. The smallest absolute Gasteiger partial charge is 0.322 e. The number of esters is 2. The maximum absolute atomic E-state index is 10.8. The first-order valence-electron chi connectivity index (χ1n) is 4.04.